The quantitative estimate of drug-likeness (QED) is 0.627. The third-order valence-electron chi connectivity index (χ3n) is 4.34. The Kier molecular flexibility index (Phi) is 5.63. The summed E-state index contributed by atoms with van der Waals surface area (Å²) >= 11 is 0. The molecule has 0 atom stereocenters. The molecule has 1 fully saturated rings. The van der Waals surface area contributed by atoms with Crippen LogP contribution in [0.4, 0.5) is 0 Å². The van der Waals surface area contributed by atoms with Gasteiger partial charge in [-0.25, -0.2) is 0 Å². The SMILES string of the molecule is CO/N=C/c1ccc(C(=O)N2CCN(C(=O)c3ccccc3)CC2)cc1. The molecule has 26 heavy (non-hydrogen) atoms. The molecule has 2 amide bonds. The summed E-state index contributed by atoms with van der Waals surface area (Å²) < 4.78 is 0. The standard InChI is InChI=1S/C20H21N3O3/c1-26-21-15-16-7-9-18(10-8-16)20(25)23-13-11-22(12-14-23)19(24)17-5-3-2-4-6-17/h2-10,15H,11-14H2,1H3/b21-15+. The van der Waals surface area contributed by atoms with Crippen LogP contribution in [0.5, 0.6) is 0 Å². The number of piperazine rings is 1. The molecule has 1 aliphatic heterocycles. The van der Waals surface area contributed by atoms with Gasteiger partial charge < -0.3 is 14.6 Å². The van der Waals surface area contributed by atoms with E-state index in [-0.39, 0.29) is 11.8 Å². The van der Waals surface area contributed by atoms with Crippen molar-refractivity contribution >= 4 is 18.0 Å². The molecular weight excluding hydrogens is 330 g/mol. The lowest BCUT2D eigenvalue weighted by atomic mass is 10.1. The summed E-state index contributed by atoms with van der Waals surface area (Å²) in [6.07, 6.45) is 1.59. The van der Waals surface area contributed by atoms with Crippen LogP contribution in [-0.4, -0.2) is 61.1 Å². The van der Waals surface area contributed by atoms with E-state index in [9.17, 15) is 9.59 Å². The van der Waals surface area contributed by atoms with Gasteiger partial charge >= 0.3 is 0 Å². The molecule has 0 N–H and O–H groups in total. The van der Waals surface area contributed by atoms with E-state index in [2.05, 4.69) is 9.99 Å². The normalized spacial score (nSPS) is 14.5. The predicted molar refractivity (Wildman–Crippen MR) is 99.3 cm³/mol. The summed E-state index contributed by atoms with van der Waals surface area (Å²) in [5, 5.41) is 3.70. The summed E-state index contributed by atoms with van der Waals surface area (Å²) in [5.41, 5.74) is 2.17. The number of carbonyl (C=O) groups excluding carboxylic acids is 2. The zero-order valence-corrected chi connectivity index (χ0v) is 14.7. The number of hydrogen-bond donors (Lipinski definition) is 0. The van der Waals surface area contributed by atoms with Crippen molar-refractivity contribution in [2.75, 3.05) is 33.3 Å². The van der Waals surface area contributed by atoms with Crippen LogP contribution in [-0.2, 0) is 4.84 Å². The molecule has 0 bridgehead atoms. The zero-order chi connectivity index (χ0) is 18.4. The Morgan fingerprint density at radius 2 is 1.35 bits per heavy atom. The Bertz CT molecular complexity index is 780. The van der Waals surface area contributed by atoms with Gasteiger partial charge in [-0.2, -0.15) is 0 Å². The van der Waals surface area contributed by atoms with Gasteiger partial charge in [0.2, 0.25) is 0 Å². The fraction of sp³-hybridized carbons (Fsp3) is 0.250. The first-order chi connectivity index (χ1) is 12.7. The Hall–Kier alpha value is -3.15. The third kappa shape index (κ3) is 4.08. The van der Waals surface area contributed by atoms with Gasteiger partial charge in [0.15, 0.2) is 0 Å². The van der Waals surface area contributed by atoms with E-state index in [0.717, 1.165) is 5.56 Å². The van der Waals surface area contributed by atoms with E-state index in [4.69, 9.17) is 0 Å². The lowest BCUT2D eigenvalue weighted by molar-refractivity contribution is 0.0535. The van der Waals surface area contributed by atoms with Crippen LogP contribution in [0, 0.1) is 0 Å². The molecule has 2 aromatic carbocycles. The van der Waals surface area contributed by atoms with E-state index < -0.39 is 0 Å². The minimum absolute atomic E-state index is 0.0134. The molecule has 0 aliphatic carbocycles. The highest BCUT2D eigenvalue weighted by Crippen LogP contribution is 2.12. The minimum Gasteiger partial charge on any atom is -0.399 e. The van der Waals surface area contributed by atoms with Gasteiger partial charge in [0, 0.05) is 37.3 Å². The van der Waals surface area contributed by atoms with Crippen LogP contribution >= 0.6 is 0 Å². The van der Waals surface area contributed by atoms with Crippen molar-refractivity contribution in [2.45, 2.75) is 0 Å². The van der Waals surface area contributed by atoms with Gasteiger partial charge in [0.25, 0.3) is 11.8 Å². The second kappa shape index (κ2) is 8.29. The maximum atomic E-state index is 12.6. The molecule has 6 heteroatoms. The molecule has 1 saturated heterocycles. The molecular formula is C20H21N3O3. The predicted octanol–water partition coefficient (Wildman–Crippen LogP) is 2.27. The van der Waals surface area contributed by atoms with Gasteiger partial charge in [-0.1, -0.05) is 35.5 Å². The highest BCUT2D eigenvalue weighted by Gasteiger charge is 2.25. The topological polar surface area (TPSA) is 62.2 Å². The van der Waals surface area contributed by atoms with Crippen LogP contribution in [0.1, 0.15) is 26.3 Å². The first-order valence-corrected chi connectivity index (χ1v) is 8.49. The molecule has 0 unspecified atom stereocenters. The average molecular weight is 351 g/mol. The molecule has 3 rings (SSSR count). The first kappa shape index (κ1) is 17.7. The minimum atomic E-state index is -0.0213. The molecule has 134 valence electrons. The Balaban J connectivity index is 1.58. The zero-order valence-electron chi connectivity index (χ0n) is 14.7. The fourth-order valence-corrected chi connectivity index (χ4v) is 2.88. The third-order valence-corrected chi connectivity index (χ3v) is 4.34. The van der Waals surface area contributed by atoms with Crippen LogP contribution in [0.3, 0.4) is 0 Å². The van der Waals surface area contributed by atoms with Gasteiger partial charge in [0.1, 0.15) is 7.11 Å². The van der Waals surface area contributed by atoms with Crippen molar-refractivity contribution in [3.05, 3.63) is 71.3 Å². The second-order valence-corrected chi connectivity index (χ2v) is 5.99. The van der Waals surface area contributed by atoms with Crippen LogP contribution in [0.25, 0.3) is 0 Å². The van der Waals surface area contributed by atoms with E-state index in [1.807, 2.05) is 42.5 Å². The van der Waals surface area contributed by atoms with Crippen molar-refractivity contribution in [3.63, 3.8) is 0 Å². The average Bonchev–Trinajstić information content (AvgIpc) is 2.72. The van der Waals surface area contributed by atoms with Gasteiger partial charge in [0.05, 0.1) is 6.21 Å². The molecule has 1 aliphatic rings. The van der Waals surface area contributed by atoms with Crippen molar-refractivity contribution in [2.24, 2.45) is 5.16 Å². The number of carbonyl (C=O) groups is 2. The van der Waals surface area contributed by atoms with Gasteiger partial charge in [-0.15, -0.1) is 0 Å². The molecule has 0 saturated carbocycles. The largest absolute Gasteiger partial charge is 0.399 e. The summed E-state index contributed by atoms with van der Waals surface area (Å²) in [4.78, 5) is 33.3. The van der Waals surface area contributed by atoms with Crippen molar-refractivity contribution < 1.29 is 14.4 Å². The highest BCUT2D eigenvalue weighted by molar-refractivity contribution is 5.96. The maximum absolute atomic E-state index is 12.6. The lowest BCUT2D eigenvalue weighted by Crippen LogP contribution is -2.50. The van der Waals surface area contributed by atoms with Crippen LogP contribution in [0.15, 0.2) is 59.8 Å². The Morgan fingerprint density at radius 1 is 0.846 bits per heavy atom. The van der Waals surface area contributed by atoms with E-state index in [0.29, 0.717) is 37.3 Å². The number of oxime groups is 1. The van der Waals surface area contributed by atoms with Crippen molar-refractivity contribution in [1.82, 2.24) is 9.80 Å². The van der Waals surface area contributed by atoms with E-state index in [1.54, 1.807) is 28.1 Å². The summed E-state index contributed by atoms with van der Waals surface area (Å²) in [6.45, 7) is 2.14. The molecule has 6 nitrogen and oxygen atoms in total. The molecule has 0 radical (unpaired) electrons. The summed E-state index contributed by atoms with van der Waals surface area (Å²) in [6, 6.07) is 16.4. The number of benzene rings is 2. The Labute approximate surface area is 152 Å². The molecule has 1 heterocycles. The lowest BCUT2D eigenvalue weighted by Gasteiger charge is -2.34. The van der Waals surface area contributed by atoms with Gasteiger partial charge in [-0.05, 0) is 29.8 Å². The smallest absolute Gasteiger partial charge is 0.253 e. The second-order valence-electron chi connectivity index (χ2n) is 5.99. The molecule has 2 aromatic rings. The fourth-order valence-electron chi connectivity index (χ4n) is 2.88. The summed E-state index contributed by atoms with van der Waals surface area (Å²) in [7, 11) is 1.48. The van der Waals surface area contributed by atoms with Crippen molar-refractivity contribution in [1.29, 1.82) is 0 Å². The van der Waals surface area contributed by atoms with E-state index >= 15 is 0 Å². The molecule has 0 aromatic heterocycles. The van der Waals surface area contributed by atoms with Crippen LogP contribution < -0.4 is 0 Å². The molecule has 0 spiro atoms. The van der Waals surface area contributed by atoms with Crippen molar-refractivity contribution in [3.8, 4) is 0 Å². The monoisotopic (exact) mass is 351 g/mol. The van der Waals surface area contributed by atoms with Gasteiger partial charge in [-0.3, -0.25) is 9.59 Å². The number of amides is 2. The van der Waals surface area contributed by atoms with Crippen LogP contribution in [0.2, 0.25) is 0 Å². The maximum Gasteiger partial charge on any atom is 0.253 e. The number of rotatable bonds is 4. The number of hydrogen-bond acceptors (Lipinski definition) is 4. The summed E-state index contributed by atoms with van der Waals surface area (Å²) in [5.74, 6) is -0.00785. The number of nitrogens with zero attached hydrogens (tertiary/aromatic N) is 3. The van der Waals surface area contributed by atoms with E-state index in [1.165, 1.54) is 7.11 Å². The Morgan fingerprint density at radius 3 is 1.85 bits per heavy atom. The highest BCUT2D eigenvalue weighted by atomic mass is 16.6. The first-order valence-electron chi connectivity index (χ1n) is 8.49.